The van der Waals surface area contributed by atoms with Crippen LogP contribution in [0, 0.1) is 5.41 Å². The summed E-state index contributed by atoms with van der Waals surface area (Å²) in [7, 11) is 0. The molecule has 4 aliphatic rings. The van der Waals surface area contributed by atoms with Crippen molar-refractivity contribution in [2.45, 2.75) is 62.9 Å². The van der Waals surface area contributed by atoms with Crippen LogP contribution in [-0.2, 0) is 16.0 Å². The van der Waals surface area contributed by atoms with E-state index in [0.29, 0.717) is 35.2 Å². The number of hydrogen-bond acceptors (Lipinski definition) is 6. The first-order valence-electron chi connectivity index (χ1n) is 12.3. The molecule has 5 N–H and O–H groups in total. The van der Waals surface area contributed by atoms with E-state index in [4.69, 9.17) is 11.1 Å². The first-order chi connectivity index (χ1) is 17.0. The van der Waals surface area contributed by atoms with Crippen molar-refractivity contribution in [3.05, 3.63) is 53.2 Å². The molecule has 2 aromatic rings. The Hall–Kier alpha value is -3.52. The maximum atomic E-state index is 13.0. The number of imide groups is 1. The van der Waals surface area contributed by atoms with Gasteiger partial charge in [-0.1, -0.05) is 24.6 Å². The molecule has 35 heavy (non-hydrogen) atoms. The summed E-state index contributed by atoms with van der Waals surface area (Å²) in [5, 5.41) is 15.0. The highest BCUT2D eigenvalue weighted by Gasteiger charge is 2.42. The molecule has 3 heterocycles. The molecule has 1 saturated carbocycles. The van der Waals surface area contributed by atoms with Gasteiger partial charge in [-0.25, -0.2) is 0 Å². The van der Waals surface area contributed by atoms with Crippen molar-refractivity contribution in [3.8, 4) is 0 Å². The van der Waals surface area contributed by atoms with Crippen LogP contribution < -0.4 is 21.3 Å². The molecule has 3 fully saturated rings. The maximum absolute atomic E-state index is 13.0. The van der Waals surface area contributed by atoms with Gasteiger partial charge in [-0.3, -0.25) is 24.6 Å². The third-order valence-corrected chi connectivity index (χ3v) is 7.57. The average Bonchev–Trinajstić information content (AvgIpc) is 3.56. The molecular formula is C27H31N5O3. The molecule has 0 radical (unpaired) electrons. The minimum atomic E-state index is -0.697. The lowest BCUT2D eigenvalue weighted by Gasteiger charge is -2.30. The Morgan fingerprint density at radius 2 is 1.97 bits per heavy atom. The van der Waals surface area contributed by atoms with Crippen LogP contribution in [0.5, 0.6) is 0 Å². The normalized spacial score (nSPS) is 22.6. The first-order valence-corrected chi connectivity index (χ1v) is 12.3. The number of benzene rings is 2. The number of nitrogens with two attached hydrogens (primary N) is 1. The summed E-state index contributed by atoms with van der Waals surface area (Å²) in [5.74, 6) is -0.987. The monoisotopic (exact) mass is 473 g/mol. The Bertz CT molecular complexity index is 1240. The molecule has 1 spiro atoms. The molecule has 3 aliphatic heterocycles. The lowest BCUT2D eigenvalue weighted by atomic mass is 9.96. The van der Waals surface area contributed by atoms with Crippen molar-refractivity contribution in [1.82, 2.24) is 10.6 Å². The molecule has 1 unspecified atom stereocenters. The molecular weight excluding hydrogens is 442 g/mol. The van der Waals surface area contributed by atoms with E-state index in [1.165, 1.54) is 56.0 Å². The zero-order chi connectivity index (χ0) is 24.6. The molecule has 8 nitrogen and oxygen atoms in total. The predicted molar refractivity (Wildman–Crippen MR) is 136 cm³/mol. The number of hydrogen-bond donors (Lipinski definition) is 4. The Kier molecular flexibility index (Phi) is 6.15. The van der Waals surface area contributed by atoms with E-state index < -0.39 is 11.9 Å². The number of carbonyl (C=O) groups excluding carboxylic acids is 3. The highest BCUT2D eigenvalue weighted by Crippen LogP contribution is 2.42. The van der Waals surface area contributed by atoms with Crippen LogP contribution in [0.15, 0.2) is 42.1 Å². The first kappa shape index (κ1) is 23.2. The third-order valence-electron chi connectivity index (χ3n) is 7.57. The SMILES string of the molecule is C1CCC2(CC2)NC1.N=C/C(=C\N)Cc1ccc2c3c(cccc13)C(=O)N2C1CCC(=O)NC1=O. The van der Waals surface area contributed by atoms with Gasteiger partial charge in [0.1, 0.15) is 6.04 Å². The molecule has 3 amide bonds. The third kappa shape index (κ3) is 4.34. The van der Waals surface area contributed by atoms with Crippen molar-refractivity contribution in [2.24, 2.45) is 5.73 Å². The number of piperidine rings is 2. The molecule has 6 rings (SSSR count). The molecule has 2 saturated heterocycles. The van der Waals surface area contributed by atoms with E-state index >= 15 is 0 Å². The Labute approximate surface area is 204 Å². The van der Waals surface area contributed by atoms with E-state index in [9.17, 15) is 14.4 Å². The number of rotatable bonds is 4. The van der Waals surface area contributed by atoms with Crippen LogP contribution in [-0.4, -0.2) is 42.1 Å². The molecule has 182 valence electrons. The number of nitrogens with zero attached hydrogens (tertiary/aromatic N) is 1. The van der Waals surface area contributed by atoms with Gasteiger partial charge in [0.15, 0.2) is 0 Å². The highest BCUT2D eigenvalue weighted by molar-refractivity contribution is 6.27. The van der Waals surface area contributed by atoms with E-state index in [-0.39, 0.29) is 18.2 Å². The second-order valence-corrected chi connectivity index (χ2v) is 9.84. The lowest BCUT2D eigenvalue weighted by molar-refractivity contribution is -0.134. The van der Waals surface area contributed by atoms with Crippen LogP contribution >= 0.6 is 0 Å². The summed E-state index contributed by atoms with van der Waals surface area (Å²) in [4.78, 5) is 38.3. The van der Waals surface area contributed by atoms with E-state index in [1.807, 2.05) is 24.3 Å². The van der Waals surface area contributed by atoms with Crippen LogP contribution in [0.2, 0.25) is 0 Å². The number of allylic oxidation sites excluding steroid dienone is 1. The molecule has 2 aromatic carbocycles. The summed E-state index contributed by atoms with van der Waals surface area (Å²) in [5.41, 5.74) is 9.09. The fourth-order valence-electron chi connectivity index (χ4n) is 5.44. The molecule has 8 heteroatoms. The maximum Gasteiger partial charge on any atom is 0.259 e. The van der Waals surface area contributed by atoms with Gasteiger partial charge in [0, 0.05) is 35.5 Å². The minimum absolute atomic E-state index is 0.210. The highest BCUT2D eigenvalue weighted by atomic mass is 16.2. The van der Waals surface area contributed by atoms with Gasteiger partial charge in [-0.15, -0.1) is 0 Å². The van der Waals surface area contributed by atoms with Gasteiger partial charge in [-0.2, -0.15) is 0 Å². The Morgan fingerprint density at radius 1 is 1.14 bits per heavy atom. The quantitative estimate of drug-likeness (QED) is 0.401. The summed E-state index contributed by atoms with van der Waals surface area (Å²) < 4.78 is 0. The fourth-order valence-corrected chi connectivity index (χ4v) is 5.44. The van der Waals surface area contributed by atoms with Crippen molar-refractivity contribution < 1.29 is 14.4 Å². The largest absolute Gasteiger partial charge is 0.404 e. The summed E-state index contributed by atoms with van der Waals surface area (Å²) in [6.45, 7) is 1.28. The Balaban J connectivity index is 0.000000265. The second-order valence-electron chi connectivity index (χ2n) is 9.84. The van der Waals surface area contributed by atoms with Crippen molar-refractivity contribution >= 4 is 40.4 Å². The van der Waals surface area contributed by atoms with Gasteiger partial charge >= 0.3 is 0 Å². The van der Waals surface area contributed by atoms with Gasteiger partial charge in [0.25, 0.3) is 5.91 Å². The van der Waals surface area contributed by atoms with E-state index in [0.717, 1.165) is 16.3 Å². The summed E-state index contributed by atoms with van der Waals surface area (Å²) >= 11 is 0. The van der Waals surface area contributed by atoms with Crippen molar-refractivity contribution in [3.63, 3.8) is 0 Å². The van der Waals surface area contributed by atoms with Crippen LogP contribution in [0.25, 0.3) is 10.8 Å². The molecule has 1 atom stereocenters. The fraction of sp³-hybridized carbons (Fsp3) is 0.407. The van der Waals surface area contributed by atoms with Crippen molar-refractivity contribution in [2.75, 3.05) is 11.4 Å². The van der Waals surface area contributed by atoms with Gasteiger partial charge in [-0.05, 0) is 73.5 Å². The molecule has 0 aromatic heterocycles. The zero-order valence-electron chi connectivity index (χ0n) is 19.7. The Morgan fingerprint density at radius 3 is 2.60 bits per heavy atom. The standard InChI is InChI=1S/C20H18N4O3.C7H13N/c21-9-11(10-22)8-12-4-5-15-18-13(12)2-1-3-14(18)20(27)24(15)16-6-7-17(25)23-19(16)26;1-2-6-8-7(3-1)4-5-7/h1-5,9-10,16,21H,6-8,22H2,(H,23,25,26);8H,1-6H2/b11-10-,21-9?;. The van der Waals surface area contributed by atoms with Crippen LogP contribution in [0.1, 0.15) is 60.9 Å². The number of nitrogens with one attached hydrogen (secondary N) is 3. The number of anilines is 1. The lowest BCUT2D eigenvalue weighted by Crippen LogP contribution is -2.53. The minimum Gasteiger partial charge on any atom is -0.404 e. The van der Waals surface area contributed by atoms with Crippen molar-refractivity contribution in [1.29, 1.82) is 5.41 Å². The van der Waals surface area contributed by atoms with E-state index in [2.05, 4.69) is 10.6 Å². The summed E-state index contributed by atoms with van der Waals surface area (Å²) in [6.07, 6.45) is 10.8. The number of amides is 3. The smallest absolute Gasteiger partial charge is 0.259 e. The molecule has 1 aliphatic carbocycles. The van der Waals surface area contributed by atoms with Crippen LogP contribution in [0.3, 0.4) is 0 Å². The van der Waals surface area contributed by atoms with E-state index in [1.54, 1.807) is 6.07 Å². The topological polar surface area (TPSA) is 128 Å². The predicted octanol–water partition coefficient (Wildman–Crippen LogP) is 2.93. The molecule has 0 bridgehead atoms. The van der Waals surface area contributed by atoms with Crippen LogP contribution in [0.4, 0.5) is 5.69 Å². The average molecular weight is 474 g/mol. The summed E-state index contributed by atoms with van der Waals surface area (Å²) in [6, 6.07) is 8.52. The van der Waals surface area contributed by atoms with Gasteiger partial charge < -0.3 is 16.5 Å². The van der Waals surface area contributed by atoms with Gasteiger partial charge in [0.05, 0.1) is 5.69 Å². The van der Waals surface area contributed by atoms with Gasteiger partial charge in [0.2, 0.25) is 11.8 Å². The second kappa shape index (κ2) is 9.26. The zero-order valence-corrected chi connectivity index (χ0v) is 19.7. The number of carbonyl (C=O) groups is 3.